The van der Waals surface area contributed by atoms with Crippen molar-refractivity contribution in [2.75, 3.05) is 24.5 Å². The van der Waals surface area contributed by atoms with Crippen molar-refractivity contribution in [3.63, 3.8) is 0 Å². The highest BCUT2D eigenvalue weighted by atomic mass is 35.5. The zero-order valence-corrected chi connectivity index (χ0v) is 14.0. The lowest BCUT2D eigenvalue weighted by Crippen LogP contribution is -2.37. The lowest BCUT2D eigenvalue weighted by atomic mass is 10.0. The largest absolute Gasteiger partial charge is 0.351 e. The van der Waals surface area contributed by atoms with E-state index in [1.165, 1.54) is 0 Å². The molecule has 0 bridgehead atoms. The maximum absolute atomic E-state index is 12.1. The lowest BCUT2D eigenvalue weighted by molar-refractivity contribution is -0.122. The zero-order valence-electron chi connectivity index (χ0n) is 13.2. The summed E-state index contributed by atoms with van der Waals surface area (Å²) in [5.74, 6) is 0.771. The predicted molar refractivity (Wildman–Crippen MR) is 92.8 cm³/mol. The number of para-hydroxylation sites is 1. The van der Waals surface area contributed by atoms with Crippen LogP contribution < -0.4 is 15.5 Å². The fourth-order valence-corrected chi connectivity index (χ4v) is 3.26. The van der Waals surface area contributed by atoms with Crippen molar-refractivity contribution < 1.29 is 9.59 Å². The molecule has 1 aromatic carbocycles. The van der Waals surface area contributed by atoms with E-state index < -0.39 is 0 Å². The van der Waals surface area contributed by atoms with Gasteiger partial charge in [-0.3, -0.25) is 9.59 Å². The molecule has 0 aromatic heterocycles. The average molecular weight is 338 g/mol. The molecule has 0 aliphatic carbocycles. The molecule has 2 saturated heterocycles. The van der Waals surface area contributed by atoms with E-state index in [0.29, 0.717) is 25.3 Å². The minimum Gasteiger partial charge on any atom is -0.351 e. The Labute approximate surface area is 143 Å². The van der Waals surface area contributed by atoms with E-state index in [1.807, 2.05) is 30.3 Å². The first-order valence-electron chi connectivity index (χ1n) is 8.08. The van der Waals surface area contributed by atoms with Crippen molar-refractivity contribution in [3.8, 4) is 0 Å². The van der Waals surface area contributed by atoms with Crippen LogP contribution in [0, 0.1) is 5.92 Å². The molecule has 5 nitrogen and oxygen atoms in total. The van der Waals surface area contributed by atoms with E-state index in [2.05, 4.69) is 10.6 Å². The van der Waals surface area contributed by atoms with Gasteiger partial charge in [0.05, 0.1) is 6.04 Å². The molecule has 2 aliphatic rings. The Morgan fingerprint density at radius 3 is 2.78 bits per heavy atom. The van der Waals surface area contributed by atoms with Gasteiger partial charge in [0.2, 0.25) is 11.8 Å². The molecular weight excluding hydrogens is 314 g/mol. The molecule has 6 heteroatoms. The number of benzene rings is 1. The Hall–Kier alpha value is -1.59. The van der Waals surface area contributed by atoms with Crippen LogP contribution in [-0.4, -0.2) is 37.5 Å². The van der Waals surface area contributed by atoms with Crippen LogP contribution in [0.25, 0.3) is 0 Å². The second kappa shape index (κ2) is 8.31. The van der Waals surface area contributed by atoms with Gasteiger partial charge in [-0.15, -0.1) is 12.4 Å². The molecule has 3 rings (SSSR count). The molecule has 2 N–H and O–H groups in total. The van der Waals surface area contributed by atoms with E-state index >= 15 is 0 Å². The van der Waals surface area contributed by atoms with Gasteiger partial charge in [-0.2, -0.15) is 0 Å². The van der Waals surface area contributed by atoms with E-state index in [4.69, 9.17) is 0 Å². The maximum atomic E-state index is 12.1. The number of nitrogens with zero attached hydrogens (tertiary/aromatic N) is 1. The first-order valence-corrected chi connectivity index (χ1v) is 8.08. The number of amides is 2. The molecule has 2 fully saturated rings. The number of carbonyl (C=O) groups excluding carboxylic acids is 2. The number of nitrogens with one attached hydrogen (secondary N) is 2. The third kappa shape index (κ3) is 4.69. The van der Waals surface area contributed by atoms with Crippen molar-refractivity contribution in [2.24, 2.45) is 5.92 Å². The van der Waals surface area contributed by atoms with Crippen LogP contribution in [0.1, 0.15) is 25.7 Å². The fourth-order valence-electron chi connectivity index (χ4n) is 3.26. The Morgan fingerprint density at radius 2 is 2.09 bits per heavy atom. The molecule has 126 valence electrons. The summed E-state index contributed by atoms with van der Waals surface area (Å²) in [7, 11) is 0. The summed E-state index contributed by atoms with van der Waals surface area (Å²) in [4.78, 5) is 25.9. The number of rotatable bonds is 5. The van der Waals surface area contributed by atoms with E-state index in [1.54, 1.807) is 4.90 Å². The highest BCUT2D eigenvalue weighted by molar-refractivity contribution is 5.96. The smallest absolute Gasteiger partial charge is 0.229 e. The van der Waals surface area contributed by atoms with Crippen molar-refractivity contribution in [2.45, 2.75) is 31.7 Å². The molecule has 0 saturated carbocycles. The van der Waals surface area contributed by atoms with Crippen molar-refractivity contribution in [1.29, 1.82) is 0 Å². The number of hydrogen-bond acceptors (Lipinski definition) is 3. The van der Waals surface area contributed by atoms with Crippen LogP contribution in [0.4, 0.5) is 5.69 Å². The van der Waals surface area contributed by atoms with Crippen LogP contribution in [0.5, 0.6) is 0 Å². The summed E-state index contributed by atoms with van der Waals surface area (Å²) in [6.07, 6.45) is 3.05. The minimum atomic E-state index is -0.0677. The van der Waals surface area contributed by atoms with Gasteiger partial charge in [-0.05, 0) is 44.0 Å². The van der Waals surface area contributed by atoms with Crippen LogP contribution in [0.2, 0.25) is 0 Å². The molecule has 23 heavy (non-hydrogen) atoms. The van der Waals surface area contributed by atoms with Crippen LogP contribution in [0.15, 0.2) is 30.3 Å². The van der Waals surface area contributed by atoms with Crippen molar-refractivity contribution in [1.82, 2.24) is 10.6 Å². The van der Waals surface area contributed by atoms with E-state index in [9.17, 15) is 9.59 Å². The highest BCUT2D eigenvalue weighted by Crippen LogP contribution is 2.21. The summed E-state index contributed by atoms with van der Waals surface area (Å²) < 4.78 is 0. The lowest BCUT2D eigenvalue weighted by Gasteiger charge is -2.17. The molecule has 2 atom stereocenters. The van der Waals surface area contributed by atoms with Gasteiger partial charge in [-0.1, -0.05) is 18.2 Å². The summed E-state index contributed by atoms with van der Waals surface area (Å²) in [6.45, 7) is 2.66. The minimum absolute atomic E-state index is 0. The number of hydrogen-bond donors (Lipinski definition) is 2. The molecule has 2 aliphatic heterocycles. The molecule has 2 unspecified atom stereocenters. The van der Waals surface area contributed by atoms with Gasteiger partial charge in [0.1, 0.15) is 0 Å². The van der Waals surface area contributed by atoms with E-state index in [0.717, 1.165) is 31.6 Å². The van der Waals surface area contributed by atoms with Gasteiger partial charge in [0, 0.05) is 25.1 Å². The number of carbonyl (C=O) groups is 2. The first-order chi connectivity index (χ1) is 10.7. The third-order valence-corrected chi connectivity index (χ3v) is 4.50. The molecule has 2 amide bonds. The van der Waals surface area contributed by atoms with Crippen LogP contribution in [0.3, 0.4) is 0 Å². The normalized spacial score (nSPS) is 23.7. The fraction of sp³-hybridized carbons (Fsp3) is 0.529. The summed E-state index contributed by atoms with van der Waals surface area (Å²) in [5, 5.41) is 6.33. The Kier molecular flexibility index (Phi) is 6.42. The number of halogens is 1. The van der Waals surface area contributed by atoms with E-state index in [-0.39, 0.29) is 30.3 Å². The summed E-state index contributed by atoms with van der Waals surface area (Å²) in [5.41, 5.74) is 0.904. The summed E-state index contributed by atoms with van der Waals surface area (Å²) in [6, 6.07) is 9.56. The predicted octanol–water partition coefficient (Wildman–Crippen LogP) is 1.72. The van der Waals surface area contributed by atoms with Crippen LogP contribution in [-0.2, 0) is 9.59 Å². The molecule has 0 spiro atoms. The standard InChI is InChI=1S/C17H23N3O2.ClH/c21-16(7-6-13-8-9-18-11-13)19-14-10-17(22)20(12-14)15-4-2-1-3-5-15;/h1-5,13-14,18H,6-12H2,(H,19,21);1H. The zero-order chi connectivity index (χ0) is 15.4. The Balaban J connectivity index is 0.00000192. The van der Waals surface area contributed by atoms with Gasteiger partial charge in [0.25, 0.3) is 0 Å². The van der Waals surface area contributed by atoms with Gasteiger partial charge in [0.15, 0.2) is 0 Å². The van der Waals surface area contributed by atoms with Crippen LogP contribution >= 0.6 is 12.4 Å². The second-order valence-electron chi connectivity index (χ2n) is 6.21. The molecule has 2 heterocycles. The number of anilines is 1. The molecule has 0 radical (unpaired) electrons. The Morgan fingerprint density at radius 1 is 1.30 bits per heavy atom. The molecular formula is C17H24ClN3O2. The quantitative estimate of drug-likeness (QED) is 0.860. The topological polar surface area (TPSA) is 61.4 Å². The van der Waals surface area contributed by atoms with Gasteiger partial charge >= 0.3 is 0 Å². The average Bonchev–Trinajstić information content (AvgIpc) is 3.16. The molecule has 1 aromatic rings. The second-order valence-corrected chi connectivity index (χ2v) is 6.21. The Bertz CT molecular complexity index is 532. The van der Waals surface area contributed by atoms with Crippen molar-refractivity contribution >= 4 is 29.9 Å². The highest BCUT2D eigenvalue weighted by Gasteiger charge is 2.31. The first kappa shape index (κ1) is 17.8. The van der Waals surface area contributed by atoms with Gasteiger partial charge in [-0.25, -0.2) is 0 Å². The monoisotopic (exact) mass is 337 g/mol. The maximum Gasteiger partial charge on any atom is 0.229 e. The summed E-state index contributed by atoms with van der Waals surface area (Å²) >= 11 is 0. The van der Waals surface area contributed by atoms with Crippen molar-refractivity contribution in [3.05, 3.63) is 30.3 Å². The SMILES string of the molecule is Cl.O=C(CCC1CCNC1)NC1CC(=O)N(c2ccccc2)C1. The third-order valence-electron chi connectivity index (χ3n) is 4.50. The van der Waals surface area contributed by atoms with Gasteiger partial charge < -0.3 is 15.5 Å².